The number of nitrogens with zero attached hydrogens (tertiary/aromatic N) is 4. The van der Waals surface area contributed by atoms with Crippen molar-refractivity contribution in [2.24, 2.45) is 7.05 Å². The van der Waals surface area contributed by atoms with Gasteiger partial charge in [0.1, 0.15) is 11.4 Å². The monoisotopic (exact) mass is 382 g/mol. The molecule has 2 amide bonds. The highest BCUT2D eigenvalue weighted by molar-refractivity contribution is 5.93. The number of fused-ring (bicyclic) bond motifs is 1. The van der Waals surface area contributed by atoms with Crippen LogP contribution in [0.3, 0.4) is 0 Å². The minimum Gasteiger partial charge on any atom is -0.497 e. The maximum absolute atomic E-state index is 13.3. The van der Waals surface area contributed by atoms with E-state index in [1.54, 1.807) is 38.0 Å². The summed E-state index contributed by atoms with van der Waals surface area (Å²) in [5.74, 6) is 0.935. The van der Waals surface area contributed by atoms with Crippen LogP contribution in [0.15, 0.2) is 36.5 Å². The Morgan fingerprint density at radius 3 is 2.50 bits per heavy atom. The molecule has 0 spiro atoms. The number of amides is 2. The predicted octanol–water partition coefficient (Wildman–Crippen LogP) is 2.05. The number of carbonyl (C=O) groups is 2. The van der Waals surface area contributed by atoms with Crippen molar-refractivity contribution >= 4 is 11.8 Å². The SMILES string of the molecule is COc1ccc([C@H]2CN(C(C)=O)[C@@H]3CCCN(C(=O)c4ccnn4C)[C@H]23)cc1. The van der Waals surface area contributed by atoms with Crippen molar-refractivity contribution in [3.63, 3.8) is 0 Å². The minimum atomic E-state index is -0.0338. The van der Waals surface area contributed by atoms with Gasteiger partial charge in [-0.05, 0) is 36.6 Å². The second-order valence-electron chi connectivity index (χ2n) is 7.59. The fourth-order valence-corrected chi connectivity index (χ4v) is 4.76. The molecule has 0 radical (unpaired) electrons. The third-order valence-electron chi connectivity index (χ3n) is 6.11. The average Bonchev–Trinajstić information content (AvgIpc) is 3.31. The van der Waals surface area contributed by atoms with Crippen LogP contribution in [-0.2, 0) is 11.8 Å². The molecular weight excluding hydrogens is 356 g/mol. The molecule has 148 valence electrons. The van der Waals surface area contributed by atoms with Gasteiger partial charge < -0.3 is 14.5 Å². The Kier molecular flexibility index (Phi) is 4.83. The minimum absolute atomic E-state index is 0.0152. The highest BCUT2D eigenvalue weighted by Crippen LogP contribution is 2.41. The molecule has 0 unspecified atom stereocenters. The average molecular weight is 382 g/mol. The fourth-order valence-electron chi connectivity index (χ4n) is 4.76. The Balaban J connectivity index is 1.71. The highest BCUT2D eigenvalue weighted by atomic mass is 16.5. The number of hydrogen-bond donors (Lipinski definition) is 0. The van der Waals surface area contributed by atoms with Gasteiger partial charge in [-0.3, -0.25) is 14.3 Å². The molecule has 3 heterocycles. The van der Waals surface area contributed by atoms with Gasteiger partial charge in [-0.15, -0.1) is 0 Å². The smallest absolute Gasteiger partial charge is 0.272 e. The van der Waals surface area contributed by atoms with Crippen LogP contribution in [0.25, 0.3) is 0 Å². The molecule has 0 saturated carbocycles. The van der Waals surface area contributed by atoms with E-state index in [1.807, 2.05) is 34.1 Å². The van der Waals surface area contributed by atoms with Gasteiger partial charge in [-0.2, -0.15) is 5.10 Å². The largest absolute Gasteiger partial charge is 0.497 e. The van der Waals surface area contributed by atoms with Gasteiger partial charge in [-0.1, -0.05) is 12.1 Å². The van der Waals surface area contributed by atoms with Gasteiger partial charge in [0.15, 0.2) is 0 Å². The topological polar surface area (TPSA) is 67.7 Å². The zero-order valence-electron chi connectivity index (χ0n) is 16.5. The Bertz CT molecular complexity index is 876. The van der Waals surface area contributed by atoms with Gasteiger partial charge >= 0.3 is 0 Å². The summed E-state index contributed by atoms with van der Waals surface area (Å²) in [5.41, 5.74) is 1.71. The van der Waals surface area contributed by atoms with Crippen molar-refractivity contribution < 1.29 is 14.3 Å². The summed E-state index contributed by atoms with van der Waals surface area (Å²) >= 11 is 0. The van der Waals surface area contributed by atoms with Crippen molar-refractivity contribution in [3.05, 3.63) is 47.8 Å². The van der Waals surface area contributed by atoms with Crippen molar-refractivity contribution in [2.45, 2.75) is 37.8 Å². The first kappa shape index (κ1) is 18.5. The maximum Gasteiger partial charge on any atom is 0.272 e. The highest BCUT2D eigenvalue weighted by Gasteiger charge is 2.49. The summed E-state index contributed by atoms with van der Waals surface area (Å²) in [5, 5.41) is 4.15. The molecule has 0 N–H and O–H groups in total. The van der Waals surface area contributed by atoms with E-state index in [0.29, 0.717) is 18.8 Å². The van der Waals surface area contributed by atoms with Gasteiger partial charge in [0.05, 0.1) is 19.2 Å². The number of hydrogen-bond acceptors (Lipinski definition) is 4. The lowest BCUT2D eigenvalue weighted by molar-refractivity contribution is -0.130. The molecule has 28 heavy (non-hydrogen) atoms. The van der Waals surface area contributed by atoms with Gasteiger partial charge in [0.25, 0.3) is 5.91 Å². The number of ether oxygens (including phenoxy) is 1. The van der Waals surface area contributed by atoms with E-state index in [-0.39, 0.29) is 29.8 Å². The van der Waals surface area contributed by atoms with Crippen LogP contribution in [0.4, 0.5) is 0 Å². The van der Waals surface area contributed by atoms with Crippen LogP contribution in [0, 0.1) is 0 Å². The lowest BCUT2D eigenvalue weighted by Gasteiger charge is -2.41. The molecule has 2 fully saturated rings. The van der Waals surface area contributed by atoms with Gasteiger partial charge in [0.2, 0.25) is 5.91 Å². The Morgan fingerprint density at radius 2 is 1.89 bits per heavy atom. The Morgan fingerprint density at radius 1 is 1.14 bits per heavy atom. The molecule has 0 bridgehead atoms. The molecule has 2 saturated heterocycles. The molecule has 2 aromatic rings. The molecule has 2 aliphatic rings. The van der Waals surface area contributed by atoms with Crippen LogP contribution in [-0.4, -0.2) is 63.7 Å². The summed E-state index contributed by atoms with van der Waals surface area (Å²) in [6, 6.07) is 9.75. The third-order valence-corrected chi connectivity index (χ3v) is 6.11. The number of carbonyl (C=O) groups excluding carboxylic acids is 2. The quantitative estimate of drug-likeness (QED) is 0.815. The Labute approximate surface area is 164 Å². The molecule has 2 aliphatic heterocycles. The number of piperidine rings is 1. The van der Waals surface area contributed by atoms with E-state index < -0.39 is 0 Å². The molecule has 1 aromatic carbocycles. The van der Waals surface area contributed by atoms with Crippen LogP contribution < -0.4 is 4.74 Å². The third kappa shape index (κ3) is 3.04. The number of methoxy groups -OCH3 is 1. The normalized spacial score (nSPS) is 24.2. The van der Waals surface area contributed by atoms with Gasteiger partial charge in [-0.25, -0.2) is 0 Å². The number of likely N-dealkylation sites (tertiary alicyclic amines) is 2. The number of benzene rings is 1. The van der Waals surface area contributed by atoms with E-state index in [1.165, 1.54) is 0 Å². The van der Waals surface area contributed by atoms with Gasteiger partial charge in [0, 0.05) is 39.2 Å². The second-order valence-corrected chi connectivity index (χ2v) is 7.59. The molecule has 0 aliphatic carbocycles. The molecule has 3 atom stereocenters. The van der Waals surface area contributed by atoms with Crippen molar-refractivity contribution in [1.29, 1.82) is 0 Å². The summed E-state index contributed by atoms with van der Waals surface area (Å²) in [6.07, 6.45) is 3.46. The van der Waals surface area contributed by atoms with E-state index in [2.05, 4.69) is 5.10 Å². The van der Waals surface area contributed by atoms with Crippen molar-refractivity contribution in [1.82, 2.24) is 19.6 Å². The van der Waals surface area contributed by atoms with Crippen LogP contribution in [0.2, 0.25) is 0 Å². The number of aromatic nitrogens is 2. The fraction of sp³-hybridized carbons (Fsp3) is 0.476. The van der Waals surface area contributed by atoms with E-state index in [4.69, 9.17) is 4.74 Å². The summed E-state index contributed by atoms with van der Waals surface area (Å²) in [4.78, 5) is 29.6. The van der Waals surface area contributed by atoms with Crippen LogP contribution in [0.1, 0.15) is 41.7 Å². The molecule has 7 nitrogen and oxygen atoms in total. The zero-order chi connectivity index (χ0) is 19.8. The van der Waals surface area contributed by atoms with Crippen LogP contribution in [0.5, 0.6) is 5.75 Å². The number of rotatable bonds is 3. The van der Waals surface area contributed by atoms with E-state index >= 15 is 0 Å². The molecular formula is C21H26N4O3. The lowest BCUT2D eigenvalue weighted by Crippen LogP contribution is -2.54. The summed E-state index contributed by atoms with van der Waals surface area (Å²) in [6.45, 7) is 2.95. The second kappa shape index (κ2) is 7.30. The lowest BCUT2D eigenvalue weighted by atomic mass is 9.85. The summed E-state index contributed by atoms with van der Waals surface area (Å²) < 4.78 is 6.90. The summed E-state index contributed by atoms with van der Waals surface area (Å²) in [7, 11) is 3.43. The Hall–Kier alpha value is -2.83. The molecule has 7 heteroatoms. The van der Waals surface area contributed by atoms with E-state index in [9.17, 15) is 9.59 Å². The standard InChI is InChI=1S/C21H26N4O3/c1-14(26)25-13-17(15-6-8-16(28-3)9-7-15)20-18(25)5-4-12-24(20)21(27)19-10-11-22-23(19)2/h6-11,17-18,20H,4-5,12-13H2,1-3H3/t17-,18-,20-/m1/s1. The van der Waals surface area contributed by atoms with Crippen LogP contribution >= 0.6 is 0 Å². The molecule has 1 aromatic heterocycles. The van der Waals surface area contributed by atoms with Crippen molar-refractivity contribution in [2.75, 3.05) is 20.2 Å². The first-order chi connectivity index (χ1) is 13.5. The zero-order valence-corrected chi connectivity index (χ0v) is 16.5. The first-order valence-corrected chi connectivity index (χ1v) is 9.71. The molecule has 4 rings (SSSR count). The maximum atomic E-state index is 13.3. The van der Waals surface area contributed by atoms with Crippen molar-refractivity contribution in [3.8, 4) is 5.75 Å². The van der Waals surface area contributed by atoms with E-state index in [0.717, 1.165) is 24.2 Å². The first-order valence-electron chi connectivity index (χ1n) is 9.71. The predicted molar refractivity (Wildman–Crippen MR) is 104 cm³/mol. The number of aryl methyl sites for hydroxylation is 1.